The molecule has 0 bridgehead atoms. The number of benzene rings is 1. The minimum absolute atomic E-state index is 0.00600. The third kappa shape index (κ3) is 3.57. The summed E-state index contributed by atoms with van der Waals surface area (Å²) in [4.78, 5) is 26.7. The standard InChI is InChI=1S/C14H7Cl2N3O3S2/c15-11-5-9(12(16)24-11)13(20)18-14-17-10(6-23-14)7-1-3-8(4-2-7)19(21)22/h1-6H,(H,17,18,20). The number of hydrogen-bond donors (Lipinski definition) is 1. The van der Waals surface area contributed by atoms with Crippen LogP contribution in [-0.4, -0.2) is 15.8 Å². The molecule has 0 atom stereocenters. The maximum Gasteiger partial charge on any atom is 0.269 e. The smallest absolute Gasteiger partial charge is 0.269 e. The normalized spacial score (nSPS) is 10.6. The summed E-state index contributed by atoms with van der Waals surface area (Å²) in [5, 5.41) is 15.5. The Morgan fingerprint density at radius 1 is 1.25 bits per heavy atom. The maximum absolute atomic E-state index is 12.2. The SMILES string of the molecule is O=C(Nc1nc(-c2ccc([N+](=O)[O-])cc2)cs1)c1cc(Cl)sc1Cl. The van der Waals surface area contributed by atoms with Crippen molar-refractivity contribution in [2.75, 3.05) is 5.32 Å². The fourth-order valence-electron chi connectivity index (χ4n) is 1.88. The number of halogens is 2. The molecule has 6 nitrogen and oxygen atoms in total. The Hall–Kier alpha value is -2.00. The molecule has 3 aromatic rings. The van der Waals surface area contributed by atoms with Gasteiger partial charge in [-0.05, 0) is 18.2 Å². The molecule has 0 aliphatic carbocycles. The number of nitrogens with one attached hydrogen (secondary N) is 1. The molecule has 24 heavy (non-hydrogen) atoms. The van der Waals surface area contributed by atoms with Crippen molar-refractivity contribution in [1.82, 2.24) is 4.98 Å². The average molecular weight is 400 g/mol. The van der Waals surface area contributed by atoms with Gasteiger partial charge in [0.1, 0.15) is 4.34 Å². The summed E-state index contributed by atoms with van der Waals surface area (Å²) in [6, 6.07) is 7.51. The van der Waals surface area contributed by atoms with Gasteiger partial charge in [0, 0.05) is 23.1 Å². The lowest BCUT2D eigenvalue weighted by Crippen LogP contribution is -2.11. The molecule has 0 radical (unpaired) electrons. The molecule has 1 N–H and O–H groups in total. The molecule has 1 amide bonds. The highest BCUT2D eigenvalue weighted by molar-refractivity contribution is 7.20. The number of thiazole rings is 1. The molecular weight excluding hydrogens is 393 g/mol. The quantitative estimate of drug-likeness (QED) is 0.473. The molecule has 0 aliphatic rings. The van der Waals surface area contributed by atoms with E-state index in [2.05, 4.69) is 10.3 Å². The molecule has 0 saturated heterocycles. The van der Waals surface area contributed by atoms with E-state index in [0.717, 1.165) is 11.3 Å². The summed E-state index contributed by atoms with van der Waals surface area (Å²) in [6.45, 7) is 0. The summed E-state index contributed by atoms with van der Waals surface area (Å²) >= 11 is 14.1. The number of nitro groups is 1. The molecule has 3 rings (SSSR count). The van der Waals surface area contributed by atoms with Gasteiger partial charge >= 0.3 is 0 Å². The van der Waals surface area contributed by atoms with Gasteiger partial charge in [-0.15, -0.1) is 22.7 Å². The first-order valence-corrected chi connectivity index (χ1v) is 8.86. The molecular formula is C14H7Cl2N3O3S2. The van der Waals surface area contributed by atoms with Crippen molar-refractivity contribution < 1.29 is 9.72 Å². The molecule has 2 aromatic heterocycles. The molecule has 2 heterocycles. The topological polar surface area (TPSA) is 85.1 Å². The van der Waals surface area contributed by atoms with E-state index in [1.165, 1.54) is 29.5 Å². The first-order chi connectivity index (χ1) is 11.4. The fraction of sp³-hybridized carbons (Fsp3) is 0. The van der Waals surface area contributed by atoms with E-state index in [4.69, 9.17) is 23.2 Å². The van der Waals surface area contributed by atoms with Crippen molar-refractivity contribution in [3.05, 3.63) is 60.1 Å². The van der Waals surface area contributed by atoms with Crippen molar-refractivity contribution in [3.8, 4) is 11.3 Å². The minimum Gasteiger partial charge on any atom is -0.298 e. The number of rotatable bonds is 4. The van der Waals surface area contributed by atoms with Crippen LogP contribution in [-0.2, 0) is 0 Å². The van der Waals surface area contributed by atoms with Gasteiger partial charge < -0.3 is 0 Å². The molecule has 122 valence electrons. The Labute approximate surface area is 153 Å². The molecule has 0 fully saturated rings. The number of amides is 1. The molecule has 10 heteroatoms. The van der Waals surface area contributed by atoms with Crippen LogP contribution in [0.15, 0.2) is 35.7 Å². The van der Waals surface area contributed by atoms with Crippen LogP contribution in [0.3, 0.4) is 0 Å². The molecule has 0 aliphatic heterocycles. The van der Waals surface area contributed by atoms with Gasteiger partial charge in [-0.25, -0.2) is 4.98 Å². The predicted molar refractivity (Wildman–Crippen MR) is 96.5 cm³/mol. The Balaban J connectivity index is 1.77. The second-order valence-corrected chi connectivity index (χ2v) is 7.68. The average Bonchev–Trinajstić information content (AvgIpc) is 3.13. The van der Waals surface area contributed by atoms with Crippen LogP contribution in [0.5, 0.6) is 0 Å². The van der Waals surface area contributed by atoms with Gasteiger partial charge in [0.2, 0.25) is 0 Å². The first kappa shape index (κ1) is 16.8. The highest BCUT2D eigenvalue weighted by Crippen LogP contribution is 2.32. The number of non-ortho nitro benzene ring substituents is 1. The van der Waals surface area contributed by atoms with Crippen LogP contribution >= 0.6 is 45.9 Å². The van der Waals surface area contributed by atoms with E-state index in [1.807, 2.05) is 0 Å². The van der Waals surface area contributed by atoms with Crippen molar-refractivity contribution in [2.24, 2.45) is 0 Å². The Kier molecular flexibility index (Phi) is 4.81. The third-order valence-corrected chi connectivity index (χ3v) is 5.25. The number of hydrogen-bond acceptors (Lipinski definition) is 6. The van der Waals surface area contributed by atoms with E-state index in [9.17, 15) is 14.9 Å². The number of anilines is 1. The lowest BCUT2D eigenvalue weighted by molar-refractivity contribution is -0.384. The van der Waals surface area contributed by atoms with Crippen molar-refractivity contribution in [3.63, 3.8) is 0 Å². The monoisotopic (exact) mass is 399 g/mol. The van der Waals surface area contributed by atoms with Crippen LogP contribution in [0.4, 0.5) is 10.8 Å². The summed E-state index contributed by atoms with van der Waals surface area (Å²) in [6.07, 6.45) is 0. The lowest BCUT2D eigenvalue weighted by Gasteiger charge is -1.99. The Bertz CT molecular complexity index is 922. The van der Waals surface area contributed by atoms with E-state index in [1.54, 1.807) is 17.5 Å². The summed E-state index contributed by atoms with van der Waals surface area (Å²) in [5.41, 5.74) is 1.62. The zero-order chi connectivity index (χ0) is 17.3. The van der Waals surface area contributed by atoms with Gasteiger partial charge in [-0.3, -0.25) is 20.2 Å². The number of carbonyl (C=O) groups is 1. The number of thiophene rings is 1. The van der Waals surface area contributed by atoms with Crippen molar-refractivity contribution >= 4 is 62.6 Å². The summed E-state index contributed by atoms with van der Waals surface area (Å²) < 4.78 is 0.737. The molecule has 0 unspecified atom stereocenters. The van der Waals surface area contributed by atoms with Crippen molar-refractivity contribution in [2.45, 2.75) is 0 Å². The van der Waals surface area contributed by atoms with E-state index in [-0.39, 0.29) is 5.69 Å². The van der Waals surface area contributed by atoms with Crippen LogP contribution in [0.25, 0.3) is 11.3 Å². The van der Waals surface area contributed by atoms with Gasteiger partial charge in [0.05, 0.1) is 20.5 Å². The van der Waals surface area contributed by atoms with Crippen LogP contribution in [0, 0.1) is 10.1 Å². The lowest BCUT2D eigenvalue weighted by atomic mass is 10.1. The largest absolute Gasteiger partial charge is 0.298 e. The fourth-order valence-corrected chi connectivity index (χ4v) is 4.05. The zero-order valence-electron chi connectivity index (χ0n) is 11.7. The molecule has 0 saturated carbocycles. The van der Waals surface area contributed by atoms with Gasteiger partial charge in [0.25, 0.3) is 11.6 Å². The Morgan fingerprint density at radius 3 is 2.54 bits per heavy atom. The highest BCUT2D eigenvalue weighted by atomic mass is 35.5. The number of carbonyl (C=O) groups excluding carboxylic acids is 1. The van der Waals surface area contributed by atoms with E-state index in [0.29, 0.717) is 30.6 Å². The highest BCUT2D eigenvalue weighted by Gasteiger charge is 2.16. The van der Waals surface area contributed by atoms with Gasteiger partial charge in [-0.1, -0.05) is 23.2 Å². The zero-order valence-corrected chi connectivity index (χ0v) is 14.8. The number of nitrogens with zero attached hydrogens (tertiary/aromatic N) is 2. The third-order valence-electron chi connectivity index (χ3n) is 3.00. The molecule has 0 spiro atoms. The Morgan fingerprint density at radius 2 is 1.96 bits per heavy atom. The second kappa shape index (κ2) is 6.86. The first-order valence-electron chi connectivity index (χ1n) is 6.40. The van der Waals surface area contributed by atoms with Gasteiger partial charge in [-0.2, -0.15) is 0 Å². The van der Waals surface area contributed by atoms with Gasteiger partial charge in [0.15, 0.2) is 5.13 Å². The summed E-state index contributed by atoms with van der Waals surface area (Å²) in [5.74, 6) is -0.396. The second-order valence-electron chi connectivity index (χ2n) is 4.53. The number of nitro benzene ring substituents is 1. The van der Waals surface area contributed by atoms with E-state index >= 15 is 0 Å². The minimum atomic E-state index is -0.466. The number of aromatic nitrogens is 1. The maximum atomic E-state index is 12.2. The molecule has 1 aromatic carbocycles. The van der Waals surface area contributed by atoms with Crippen molar-refractivity contribution in [1.29, 1.82) is 0 Å². The van der Waals surface area contributed by atoms with Crippen LogP contribution in [0.2, 0.25) is 8.67 Å². The van der Waals surface area contributed by atoms with Crippen LogP contribution < -0.4 is 5.32 Å². The predicted octanol–water partition coefficient (Wildman–Crippen LogP) is 5.34. The van der Waals surface area contributed by atoms with Crippen LogP contribution in [0.1, 0.15) is 10.4 Å². The van der Waals surface area contributed by atoms with E-state index < -0.39 is 10.8 Å². The summed E-state index contributed by atoms with van der Waals surface area (Å²) in [7, 11) is 0.